The summed E-state index contributed by atoms with van der Waals surface area (Å²) in [4.78, 5) is 23.2. The number of amides is 1. The van der Waals surface area contributed by atoms with Crippen LogP contribution in [0, 0.1) is 0 Å². The summed E-state index contributed by atoms with van der Waals surface area (Å²) in [5.41, 5.74) is 2.97. The molecule has 1 aliphatic heterocycles. The number of rotatable bonds is 3. The van der Waals surface area contributed by atoms with Gasteiger partial charge in [-0.3, -0.25) is 14.5 Å². The van der Waals surface area contributed by atoms with Gasteiger partial charge in [-0.1, -0.05) is 5.21 Å². The highest BCUT2D eigenvalue weighted by Crippen LogP contribution is 2.19. The number of morpholine rings is 1. The number of fused-ring (bicyclic) bond motifs is 1. The number of ether oxygens (including phenoxy) is 1. The molecular weight excluding hydrogens is 320 g/mol. The van der Waals surface area contributed by atoms with Gasteiger partial charge in [0.15, 0.2) is 0 Å². The molecule has 8 heteroatoms. The van der Waals surface area contributed by atoms with Crippen molar-refractivity contribution in [1.82, 2.24) is 29.9 Å². The van der Waals surface area contributed by atoms with Gasteiger partial charge < -0.3 is 9.64 Å². The Labute approximate surface area is 144 Å². The van der Waals surface area contributed by atoms with Crippen molar-refractivity contribution in [3.05, 3.63) is 36.3 Å². The van der Waals surface area contributed by atoms with Crippen molar-refractivity contribution in [1.29, 1.82) is 0 Å². The second-order valence-electron chi connectivity index (χ2n) is 6.01. The van der Waals surface area contributed by atoms with Crippen LogP contribution in [-0.2, 0) is 23.0 Å². The quantitative estimate of drug-likeness (QED) is 0.703. The van der Waals surface area contributed by atoms with Crippen LogP contribution in [0.25, 0.3) is 22.3 Å². The standard InChI is InChI=1S/C17H18N6O2/c1-22-11-16(20-21-22)14-3-2-12-10-18-13(8-15(12)19-14)9-17(24)23-4-6-25-7-5-23/h2-3,8,10-11H,4-7,9H2,1H3. The maximum Gasteiger partial charge on any atom is 0.228 e. The predicted molar refractivity (Wildman–Crippen MR) is 90.6 cm³/mol. The Morgan fingerprint density at radius 2 is 2.08 bits per heavy atom. The van der Waals surface area contributed by atoms with Gasteiger partial charge in [0.1, 0.15) is 5.69 Å². The van der Waals surface area contributed by atoms with E-state index < -0.39 is 0 Å². The molecule has 0 atom stereocenters. The lowest BCUT2D eigenvalue weighted by atomic mass is 10.1. The first-order chi connectivity index (χ1) is 12.2. The first kappa shape index (κ1) is 15.6. The van der Waals surface area contributed by atoms with Crippen LogP contribution in [0.4, 0.5) is 0 Å². The van der Waals surface area contributed by atoms with Crippen LogP contribution in [0.15, 0.2) is 30.6 Å². The summed E-state index contributed by atoms with van der Waals surface area (Å²) in [7, 11) is 1.82. The molecule has 0 aliphatic carbocycles. The third-order valence-corrected chi connectivity index (χ3v) is 4.19. The van der Waals surface area contributed by atoms with Crippen molar-refractivity contribution in [2.75, 3.05) is 26.3 Å². The van der Waals surface area contributed by atoms with E-state index in [1.165, 1.54) is 0 Å². The zero-order chi connectivity index (χ0) is 17.2. The number of nitrogens with zero attached hydrogens (tertiary/aromatic N) is 6. The highest BCUT2D eigenvalue weighted by Gasteiger charge is 2.17. The number of pyridine rings is 2. The van der Waals surface area contributed by atoms with Crippen molar-refractivity contribution in [3.63, 3.8) is 0 Å². The van der Waals surface area contributed by atoms with Crippen molar-refractivity contribution >= 4 is 16.8 Å². The van der Waals surface area contributed by atoms with Crippen molar-refractivity contribution < 1.29 is 9.53 Å². The lowest BCUT2D eigenvalue weighted by Gasteiger charge is -2.26. The average molecular weight is 338 g/mol. The molecule has 0 spiro atoms. The minimum atomic E-state index is 0.0697. The van der Waals surface area contributed by atoms with Gasteiger partial charge in [0.05, 0.1) is 42.7 Å². The van der Waals surface area contributed by atoms with Gasteiger partial charge in [0, 0.05) is 31.7 Å². The monoisotopic (exact) mass is 338 g/mol. The van der Waals surface area contributed by atoms with E-state index in [0.29, 0.717) is 37.7 Å². The topological polar surface area (TPSA) is 86.0 Å². The van der Waals surface area contributed by atoms with Gasteiger partial charge in [0.25, 0.3) is 0 Å². The molecule has 0 N–H and O–H groups in total. The van der Waals surface area contributed by atoms with Gasteiger partial charge in [0.2, 0.25) is 5.91 Å². The normalized spacial score (nSPS) is 14.8. The first-order valence-electron chi connectivity index (χ1n) is 8.17. The van der Waals surface area contributed by atoms with E-state index in [9.17, 15) is 4.79 Å². The smallest absolute Gasteiger partial charge is 0.228 e. The Bertz CT molecular complexity index is 916. The lowest BCUT2D eigenvalue weighted by molar-refractivity contribution is -0.134. The molecule has 25 heavy (non-hydrogen) atoms. The molecule has 1 aliphatic rings. The Morgan fingerprint density at radius 3 is 2.84 bits per heavy atom. The molecule has 1 amide bonds. The summed E-state index contributed by atoms with van der Waals surface area (Å²) >= 11 is 0. The van der Waals surface area contributed by atoms with E-state index in [4.69, 9.17) is 4.74 Å². The van der Waals surface area contributed by atoms with E-state index >= 15 is 0 Å². The van der Waals surface area contributed by atoms with Crippen LogP contribution in [0.1, 0.15) is 5.69 Å². The number of carbonyl (C=O) groups is 1. The summed E-state index contributed by atoms with van der Waals surface area (Å²) < 4.78 is 6.92. The molecule has 4 rings (SSSR count). The molecular formula is C17H18N6O2. The Kier molecular flexibility index (Phi) is 4.10. The zero-order valence-electron chi connectivity index (χ0n) is 13.9. The fraction of sp³-hybridized carbons (Fsp3) is 0.353. The summed E-state index contributed by atoms with van der Waals surface area (Å²) in [5.74, 6) is 0.0697. The molecule has 0 bridgehead atoms. The molecule has 0 unspecified atom stereocenters. The molecule has 0 saturated carbocycles. The average Bonchev–Trinajstić information content (AvgIpc) is 3.08. The highest BCUT2D eigenvalue weighted by molar-refractivity contribution is 5.83. The van der Waals surface area contributed by atoms with Crippen LogP contribution in [0.3, 0.4) is 0 Å². The molecule has 128 valence electrons. The largest absolute Gasteiger partial charge is 0.378 e. The summed E-state index contributed by atoms with van der Waals surface area (Å²) in [6.07, 6.45) is 3.84. The Hall–Kier alpha value is -2.87. The highest BCUT2D eigenvalue weighted by atomic mass is 16.5. The van der Waals surface area contributed by atoms with Gasteiger partial charge in [-0.15, -0.1) is 5.10 Å². The summed E-state index contributed by atoms with van der Waals surface area (Å²) in [6.45, 7) is 2.48. The molecule has 1 saturated heterocycles. The van der Waals surface area contributed by atoms with Gasteiger partial charge >= 0.3 is 0 Å². The first-order valence-corrected chi connectivity index (χ1v) is 8.17. The number of hydrogen-bond acceptors (Lipinski definition) is 6. The fourth-order valence-corrected chi connectivity index (χ4v) is 2.84. The van der Waals surface area contributed by atoms with Gasteiger partial charge in [-0.05, 0) is 18.2 Å². The van der Waals surface area contributed by atoms with Crippen LogP contribution < -0.4 is 0 Å². The second kappa shape index (κ2) is 6.56. The molecule has 3 aromatic rings. The molecule has 0 aromatic carbocycles. The van der Waals surface area contributed by atoms with Crippen LogP contribution in [0.5, 0.6) is 0 Å². The number of carbonyl (C=O) groups excluding carboxylic acids is 1. The number of aryl methyl sites for hydroxylation is 1. The van der Waals surface area contributed by atoms with E-state index in [1.807, 2.05) is 36.3 Å². The number of aromatic nitrogens is 5. The molecule has 0 radical (unpaired) electrons. The summed E-state index contributed by atoms with van der Waals surface area (Å²) in [6, 6.07) is 5.72. The van der Waals surface area contributed by atoms with Crippen molar-refractivity contribution in [3.8, 4) is 11.4 Å². The van der Waals surface area contributed by atoms with Crippen LogP contribution >= 0.6 is 0 Å². The van der Waals surface area contributed by atoms with Crippen LogP contribution in [0.2, 0.25) is 0 Å². The second-order valence-corrected chi connectivity index (χ2v) is 6.01. The van der Waals surface area contributed by atoms with Gasteiger partial charge in [-0.25, -0.2) is 4.98 Å². The van der Waals surface area contributed by atoms with E-state index in [-0.39, 0.29) is 12.3 Å². The maximum absolute atomic E-state index is 12.4. The number of hydrogen-bond donors (Lipinski definition) is 0. The Morgan fingerprint density at radius 1 is 1.24 bits per heavy atom. The Balaban J connectivity index is 1.59. The molecule has 1 fully saturated rings. The van der Waals surface area contributed by atoms with E-state index in [0.717, 1.165) is 16.6 Å². The molecule has 3 aromatic heterocycles. The SMILES string of the molecule is Cn1cc(-c2ccc3cnc(CC(=O)N4CCOCC4)cc3n2)nn1. The fourth-order valence-electron chi connectivity index (χ4n) is 2.84. The summed E-state index contributed by atoms with van der Waals surface area (Å²) in [5, 5.41) is 8.95. The minimum Gasteiger partial charge on any atom is -0.378 e. The molecule has 8 nitrogen and oxygen atoms in total. The maximum atomic E-state index is 12.4. The van der Waals surface area contributed by atoms with E-state index in [1.54, 1.807) is 10.9 Å². The van der Waals surface area contributed by atoms with E-state index in [2.05, 4.69) is 20.3 Å². The van der Waals surface area contributed by atoms with Crippen molar-refractivity contribution in [2.45, 2.75) is 6.42 Å². The van der Waals surface area contributed by atoms with Crippen LogP contribution in [-0.4, -0.2) is 62.1 Å². The third-order valence-electron chi connectivity index (χ3n) is 4.19. The molecule has 4 heterocycles. The zero-order valence-corrected chi connectivity index (χ0v) is 13.9. The van der Waals surface area contributed by atoms with Gasteiger partial charge in [-0.2, -0.15) is 0 Å². The third kappa shape index (κ3) is 3.34. The predicted octanol–water partition coefficient (Wildman–Crippen LogP) is 0.827. The minimum absolute atomic E-state index is 0.0697. The lowest BCUT2D eigenvalue weighted by Crippen LogP contribution is -2.41. The van der Waals surface area contributed by atoms with Crippen molar-refractivity contribution in [2.24, 2.45) is 7.05 Å².